The lowest BCUT2D eigenvalue weighted by molar-refractivity contribution is -0.136. The number of rotatable bonds is 15. The molecule has 4 amide bonds. The molecule has 2 saturated heterocycles. The highest BCUT2D eigenvalue weighted by Crippen LogP contribution is 2.47. The van der Waals surface area contributed by atoms with Crippen molar-refractivity contribution in [1.29, 1.82) is 0 Å². The van der Waals surface area contributed by atoms with Gasteiger partial charge in [-0.3, -0.25) is 38.9 Å². The van der Waals surface area contributed by atoms with Gasteiger partial charge in [0, 0.05) is 63.5 Å². The van der Waals surface area contributed by atoms with Crippen molar-refractivity contribution in [2.45, 2.75) is 30.2 Å². The summed E-state index contributed by atoms with van der Waals surface area (Å²) in [6.07, 6.45) is 2.54. The van der Waals surface area contributed by atoms with E-state index in [-0.39, 0.29) is 29.6 Å². The van der Waals surface area contributed by atoms with Gasteiger partial charge in [0.1, 0.15) is 16.8 Å². The standard InChI is InChI=1S/C39H42ClN8O8PS/c1-54-30-22-24(12-13-27(30)43-39-41-23-26(40)35(45-39)42-28-9-4-5-10-31(28)57(53,55-2)56-3)47-19-17-46(18-20-47)16-7-21-58-32-11-6-8-25-34(32)38(52)48(37(25)51)29-14-15-33(49)44-36(29)50/h4-6,8-13,22-23,29H,7,14-21H2,1-3H3,(H,44,49,50)(H2,41,42,43,45). The Kier molecular flexibility index (Phi) is 12.7. The number of carbonyl (C=O) groups excluding carboxylic acids is 4. The number of anilines is 5. The molecule has 3 aliphatic heterocycles. The van der Waals surface area contributed by atoms with E-state index in [1.807, 2.05) is 24.3 Å². The Morgan fingerprint density at radius 3 is 2.45 bits per heavy atom. The molecule has 19 heteroatoms. The summed E-state index contributed by atoms with van der Waals surface area (Å²) in [6.45, 7) is 4.24. The summed E-state index contributed by atoms with van der Waals surface area (Å²) in [5.74, 6) is -0.122. The third kappa shape index (κ3) is 8.56. The number of hydrogen-bond acceptors (Lipinski definition) is 15. The fourth-order valence-corrected chi connectivity index (χ4v) is 9.52. The fraction of sp³-hybridized carbons (Fsp3) is 0.333. The lowest BCUT2D eigenvalue weighted by Gasteiger charge is -2.36. The van der Waals surface area contributed by atoms with E-state index < -0.39 is 37.3 Å². The van der Waals surface area contributed by atoms with Crippen molar-refractivity contribution >= 4 is 88.7 Å². The number of para-hydroxylation sites is 1. The lowest BCUT2D eigenvalue weighted by atomic mass is 10.0. The SMILES string of the molecule is COc1cc(N2CCN(CCCSc3cccc4c3C(=O)N(C3CCC(=O)NC3=O)C4=O)CC2)ccc1Nc1ncc(Cl)c(Nc2ccccc2P(=O)(OC)OC)n1. The zero-order valence-electron chi connectivity index (χ0n) is 32.0. The molecule has 0 bridgehead atoms. The molecule has 304 valence electrons. The minimum atomic E-state index is -3.57. The van der Waals surface area contributed by atoms with Crippen LogP contribution in [0.1, 0.15) is 40.0 Å². The van der Waals surface area contributed by atoms with Crippen LogP contribution in [0, 0.1) is 0 Å². The van der Waals surface area contributed by atoms with E-state index >= 15 is 0 Å². The van der Waals surface area contributed by atoms with Gasteiger partial charge in [-0.25, -0.2) is 4.98 Å². The fourth-order valence-electron chi connectivity index (χ4n) is 7.14. The van der Waals surface area contributed by atoms with Crippen molar-refractivity contribution in [3.63, 3.8) is 0 Å². The Bertz CT molecular complexity index is 2290. The number of aromatic nitrogens is 2. The third-order valence-corrected chi connectivity index (χ3v) is 13.5. The first-order valence-corrected chi connectivity index (χ1v) is 21.4. The Balaban J connectivity index is 0.918. The normalized spacial score (nSPS) is 17.3. The van der Waals surface area contributed by atoms with Crippen molar-refractivity contribution in [2.24, 2.45) is 0 Å². The first-order valence-electron chi connectivity index (χ1n) is 18.5. The van der Waals surface area contributed by atoms with Gasteiger partial charge in [-0.05, 0) is 61.5 Å². The van der Waals surface area contributed by atoms with Crippen LogP contribution in [0.3, 0.4) is 0 Å². The number of thioether (sulfide) groups is 1. The molecule has 0 aliphatic carbocycles. The van der Waals surface area contributed by atoms with E-state index in [1.165, 1.54) is 32.2 Å². The van der Waals surface area contributed by atoms with Gasteiger partial charge in [0.05, 0.1) is 41.1 Å². The van der Waals surface area contributed by atoms with Crippen molar-refractivity contribution in [3.8, 4) is 5.75 Å². The molecule has 4 aromatic rings. The summed E-state index contributed by atoms with van der Waals surface area (Å²) in [6, 6.07) is 17.0. The van der Waals surface area contributed by atoms with E-state index in [0.29, 0.717) is 38.5 Å². The molecule has 7 rings (SSSR count). The molecule has 0 radical (unpaired) electrons. The first-order chi connectivity index (χ1) is 28.0. The second-order valence-electron chi connectivity index (χ2n) is 13.6. The molecular weight excluding hydrogens is 807 g/mol. The predicted octanol–water partition coefficient (Wildman–Crippen LogP) is 5.44. The number of ether oxygens (including phenoxy) is 1. The van der Waals surface area contributed by atoms with Gasteiger partial charge in [-0.2, -0.15) is 4.98 Å². The molecule has 58 heavy (non-hydrogen) atoms. The maximum Gasteiger partial charge on any atom is 0.362 e. The van der Waals surface area contributed by atoms with E-state index in [0.717, 1.165) is 55.5 Å². The van der Waals surface area contributed by atoms with Crippen molar-refractivity contribution in [2.75, 3.05) is 75.3 Å². The molecule has 0 saturated carbocycles. The van der Waals surface area contributed by atoms with Crippen LogP contribution in [0.5, 0.6) is 5.75 Å². The second kappa shape index (κ2) is 17.9. The van der Waals surface area contributed by atoms with Gasteiger partial charge < -0.3 is 29.3 Å². The average molecular weight is 849 g/mol. The molecule has 3 N–H and O–H groups in total. The monoisotopic (exact) mass is 848 g/mol. The van der Waals surface area contributed by atoms with Gasteiger partial charge in [0.2, 0.25) is 17.8 Å². The molecule has 1 aromatic heterocycles. The quantitative estimate of drug-likeness (QED) is 0.0594. The van der Waals surface area contributed by atoms with Crippen LogP contribution < -0.4 is 30.9 Å². The number of benzene rings is 3. The number of methoxy groups -OCH3 is 1. The zero-order chi connectivity index (χ0) is 41.0. The number of halogens is 1. The van der Waals surface area contributed by atoms with Crippen molar-refractivity contribution in [3.05, 3.63) is 83.0 Å². The summed E-state index contributed by atoms with van der Waals surface area (Å²) in [4.78, 5) is 66.1. The Morgan fingerprint density at radius 1 is 0.931 bits per heavy atom. The van der Waals surface area contributed by atoms with Gasteiger partial charge >= 0.3 is 7.60 Å². The third-order valence-electron chi connectivity index (χ3n) is 10.2. The number of hydrogen-bond donors (Lipinski definition) is 3. The minimum absolute atomic E-state index is 0.0791. The van der Waals surface area contributed by atoms with Gasteiger partial charge in [-0.1, -0.05) is 29.8 Å². The van der Waals surface area contributed by atoms with E-state index in [9.17, 15) is 23.7 Å². The topological polar surface area (TPSA) is 185 Å². The summed E-state index contributed by atoms with van der Waals surface area (Å²) >= 11 is 7.99. The van der Waals surface area contributed by atoms with Crippen LogP contribution in [0.15, 0.2) is 71.8 Å². The lowest BCUT2D eigenvalue weighted by Crippen LogP contribution is -2.54. The maximum absolute atomic E-state index is 13.4. The number of amides is 4. The summed E-state index contributed by atoms with van der Waals surface area (Å²) < 4.78 is 29.3. The highest BCUT2D eigenvalue weighted by Gasteiger charge is 2.45. The molecule has 3 aliphatic rings. The Morgan fingerprint density at radius 2 is 1.71 bits per heavy atom. The van der Waals surface area contributed by atoms with Crippen LogP contribution in [0.4, 0.5) is 28.8 Å². The van der Waals surface area contributed by atoms with E-state index in [1.54, 1.807) is 43.5 Å². The van der Waals surface area contributed by atoms with Crippen LogP contribution in [0.2, 0.25) is 5.02 Å². The number of nitrogens with one attached hydrogen (secondary N) is 3. The maximum atomic E-state index is 13.4. The van der Waals surface area contributed by atoms with Crippen molar-refractivity contribution < 1.29 is 37.5 Å². The van der Waals surface area contributed by atoms with Crippen LogP contribution >= 0.6 is 31.0 Å². The molecule has 16 nitrogen and oxygen atoms in total. The molecule has 1 atom stereocenters. The molecule has 0 spiro atoms. The number of piperazine rings is 1. The highest BCUT2D eigenvalue weighted by molar-refractivity contribution is 7.99. The minimum Gasteiger partial charge on any atom is -0.494 e. The van der Waals surface area contributed by atoms with Crippen molar-refractivity contribution in [1.82, 2.24) is 25.1 Å². The average Bonchev–Trinajstić information content (AvgIpc) is 3.49. The number of imide groups is 2. The van der Waals surface area contributed by atoms with Gasteiger partial charge in [-0.15, -0.1) is 11.8 Å². The molecule has 1 unspecified atom stereocenters. The van der Waals surface area contributed by atoms with Crippen LogP contribution in [-0.2, 0) is 23.2 Å². The first kappa shape index (κ1) is 41.1. The van der Waals surface area contributed by atoms with Crippen LogP contribution in [0.25, 0.3) is 0 Å². The predicted molar refractivity (Wildman–Crippen MR) is 221 cm³/mol. The summed E-state index contributed by atoms with van der Waals surface area (Å²) in [5, 5.41) is 9.16. The van der Waals surface area contributed by atoms with E-state index in [4.69, 9.17) is 25.4 Å². The Labute approximate surface area is 344 Å². The zero-order valence-corrected chi connectivity index (χ0v) is 34.5. The number of nitrogens with zero attached hydrogens (tertiary/aromatic N) is 5. The summed E-state index contributed by atoms with van der Waals surface area (Å²) in [5.41, 5.74) is 2.74. The Hall–Kier alpha value is -5.03. The molecule has 2 fully saturated rings. The number of carbonyl (C=O) groups is 4. The smallest absolute Gasteiger partial charge is 0.362 e. The number of fused-ring (bicyclic) bond motifs is 1. The molecule has 3 aromatic carbocycles. The molecule has 4 heterocycles. The second-order valence-corrected chi connectivity index (χ2v) is 17.3. The van der Waals surface area contributed by atoms with Crippen LogP contribution in [-0.4, -0.2) is 109 Å². The number of piperidine rings is 1. The highest BCUT2D eigenvalue weighted by atomic mass is 35.5. The van der Waals surface area contributed by atoms with Gasteiger partial charge in [0.25, 0.3) is 11.8 Å². The molecular formula is C39H42ClN8O8PS. The summed E-state index contributed by atoms with van der Waals surface area (Å²) in [7, 11) is 0.666. The largest absolute Gasteiger partial charge is 0.494 e. The van der Waals surface area contributed by atoms with Gasteiger partial charge in [0.15, 0.2) is 5.82 Å². The van der Waals surface area contributed by atoms with E-state index in [2.05, 4.69) is 35.7 Å².